The molecular weight excluding hydrogens is 456 g/mol. The van der Waals surface area contributed by atoms with Crippen molar-refractivity contribution < 1.29 is 9.90 Å². The van der Waals surface area contributed by atoms with E-state index < -0.39 is 5.97 Å². The number of aromatic carboxylic acids is 1. The van der Waals surface area contributed by atoms with E-state index in [1.165, 1.54) is 11.1 Å². The molecule has 1 N–H and O–H groups in total. The van der Waals surface area contributed by atoms with Gasteiger partial charge in [0.2, 0.25) is 0 Å². The summed E-state index contributed by atoms with van der Waals surface area (Å²) in [6.45, 7) is 1.96. The van der Waals surface area contributed by atoms with Crippen LogP contribution in [0.15, 0.2) is 109 Å². The van der Waals surface area contributed by atoms with Gasteiger partial charge in [0.25, 0.3) is 0 Å². The Morgan fingerprint density at radius 1 is 0.784 bits per heavy atom. The predicted octanol–water partition coefficient (Wildman–Crippen LogP) is 7.16. The van der Waals surface area contributed by atoms with E-state index in [1.807, 2.05) is 60.7 Å². The molecule has 1 aliphatic heterocycles. The van der Waals surface area contributed by atoms with Crippen molar-refractivity contribution in [3.63, 3.8) is 0 Å². The zero-order chi connectivity index (χ0) is 25.2. The molecule has 0 bridgehead atoms. The number of pyridine rings is 1. The molecule has 2 heterocycles. The number of hydrogen-bond donors (Lipinski definition) is 1. The van der Waals surface area contributed by atoms with E-state index in [9.17, 15) is 9.90 Å². The molecule has 180 valence electrons. The Bertz CT molecular complexity index is 1610. The number of rotatable bonds is 5. The van der Waals surface area contributed by atoms with Gasteiger partial charge in [-0.05, 0) is 40.0 Å². The molecule has 0 atom stereocenters. The van der Waals surface area contributed by atoms with Crippen molar-refractivity contribution in [2.45, 2.75) is 13.1 Å². The van der Waals surface area contributed by atoms with Crippen LogP contribution in [0.1, 0.15) is 32.7 Å². The van der Waals surface area contributed by atoms with E-state index in [0.717, 1.165) is 34.5 Å². The molecule has 1 aromatic heterocycles. The second kappa shape index (κ2) is 9.84. The van der Waals surface area contributed by atoms with Crippen molar-refractivity contribution in [2.75, 3.05) is 6.54 Å². The van der Waals surface area contributed by atoms with Crippen LogP contribution in [0.2, 0.25) is 0 Å². The average Bonchev–Trinajstić information content (AvgIpc) is 2.93. The standard InChI is InChI=1S/C33H26N2O2/c36-33(37)31-28-13-7-8-14-30(28)34-32-27(21-35(22-29(31)32)20-24-9-3-1-4-10-24)19-23-15-17-26(18-16-23)25-11-5-2-6-12-25/h1-19H,20-22H2,(H,36,37)/b27-19+. The number of carboxylic acids is 1. The van der Waals surface area contributed by atoms with E-state index >= 15 is 0 Å². The zero-order valence-corrected chi connectivity index (χ0v) is 20.3. The van der Waals surface area contributed by atoms with Crippen LogP contribution in [0.3, 0.4) is 0 Å². The first kappa shape index (κ1) is 22.9. The molecule has 4 aromatic carbocycles. The number of aromatic nitrogens is 1. The molecule has 0 radical (unpaired) electrons. The Kier molecular flexibility index (Phi) is 6.09. The highest BCUT2D eigenvalue weighted by Crippen LogP contribution is 2.35. The van der Waals surface area contributed by atoms with Crippen molar-refractivity contribution in [1.29, 1.82) is 0 Å². The SMILES string of the molecule is O=C(O)c1c2c(nc3ccccc13)/C(=C/c1ccc(-c3ccccc3)cc1)CN(Cc1ccccc1)C2. The second-order valence-electron chi connectivity index (χ2n) is 9.42. The van der Waals surface area contributed by atoms with E-state index in [2.05, 4.69) is 59.5 Å². The lowest BCUT2D eigenvalue weighted by Gasteiger charge is -2.31. The van der Waals surface area contributed by atoms with Gasteiger partial charge in [-0.25, -0.2) is 9.78 Å². The smallest absolute Gasteiger partial charge is 0.336 e. The van der Waals surface area contributed by atoms with Crippen molar-refractivity contribution in [1.82, 2.24) is 9.88 Å². The summed E-state index contributed by atoms with van der Waals surface area (Å²) in [4.78, 5) is 19.8. The van der Waals surface area contributed by atoms with Crippen LogP contribution in [-0.4, -0.2) is 27.5 Å². The minimum Gasteiger partial charge on any atom is -0.478 e. The molecule has 4 nitrogen and oxygen atoms in total. The number of para-hydroxylation sites is 1. The minimum absolute atomic E-state index is 0.351. The zero-order valence-electron chi connectivity index (χ0n) is 20.3. The largest absolute Gasteiger partial charge is 0.478 e. The highest BCUT2D eigenvalue weighted by Gasteiger charge is 2.28. The quantitative estimate of drug-likeness (QED) is 0.289. The summed E-state index contributed by atoms with van der Waals surface area (Å²) in [7, 11) is 0. The van der Waals surface area contributed by atoms with E-state index in [-0.39, 0.29) is 0 Å². The lowest BCUT2D eigenvalue weighted by atomic mass is 9.91. The monoisotopic (exact) mass is 482 g/mol. The topological polar surface area (TPSA) is 53.4 Å². The van der Waals surface area contributed by atoms with Crippen LogP contribution < -0.4 is 0 Å². The summed E-state index contributed by atoms with van der Waals surface area (Å²) in [5, 5.41) is 10.9. The summed E-state index contributed by atoms with van der Waals surface area (Å²) in [5.41, 5.74) is 8.25. The van der Waals surface area contributed by atoms with Gasteiger partial charge in [0.05, 0.1) is 16.8 Å². The highest BCUT2D eigenvalue weighted by atomic mass is 16.4. The van der Waals surface area contributed by atoms with E-state index in [1.54, 1.807) is 0 Å². The maximum absolute atomic E-state index is 12.5. The third kappa shape index (κ3) is 4.67. The average molecular weight is 483 g/mol. The molecule has 0 saturated heterocycles. The molecule has 0 spiro atoms. The third-order valence-electron chi connectivity index (χ3n) is 6.89. The molecule has 0 aliphatic carbocycles. The molecular formula is C33H26N2O2. The molecule has 0 fully saturated rings. The molecule has 4 heteroatoms. The number of carboxylic acid groups (broad SMARTS) is 1. The summed E-state index contributed by atoms with van der Waals surface area (Å²) in [5.74, 6) is -0.914. The van der Waals surface area contributed by atoms with E-state index in [4.69, 9.17) is 4.98 Å². The molecule has 5 aromatic rings. The highest BCUT2D eigenvalue weighted by molar-refractivity contribution is 6.06. The minimum atomic E-state index is -0.914. The van der Waals surface area contributed by atoms with Crippen molar-refractivity contribution in [2.24, 2.45) is 0 Å². The fourth-order valence-electron chi connectivity index (χ4n) is 5.18. The lowest BCUT2D eigenvalue weighted by molar-refractivity contribution is 0.0696. The van der Waals surface area contributed by atoms with Gasteiger partial charge in [-0.15, -0.1) is 0 Å². The Hall–Kier alpha value is -4.54. The molecule has 0 unspecified atom stereocenters. The van der Waals surface area contributed by atoms with Crippen LogP contribution in [0.25, 0.3) is 33.7 Å². The van der Waals surface area contributed by atoms with Crippen LogP contribution in [0, 0.1) is 0 Å². The van der Waals surface area contributed by atoms with Crippen molar-refractivity contribution in [3.8, 4) is 11.1 Å². The fraction of sp³-hybridized carbons (Fsp3) is 0.0909. The fourth-order valence-corrected chi connectivity index (χ4v) is 5.18. The number of benzene rings is 4. The van der Waals surface area contributed by atoms with Gasteiger partial charge in [-0.2, -0.15) is 0 Å². The van der Waals surface area contributed by atoms with Crippen molar-refractivity contribution in [3.05, 3.63) is 137 Å². The summed E-state index contributed by atoms with van der Waals surface area (Å²) in [6.07, 6.45) is 2.15. The number of hydrogen-bond acceptors (Lipinski definition) is 3. The van der Waals surface area contributed by atoms with Gasteiger partial charge in [0.1, 0.15) is 0 Å². The van der Waals surface area contributed by atoms with Gasteiger partial charge in [0, 0.05) is 30.6 Å². The van der Waals surface area contributed by atoms with Crippen LogP contribution in [0.4, 0.5) is 0 Å². The molecule has 6 rings (SSSR count). The first-order chi connectivity index (χ1) is 18.2. The summed E-state index contributed by atoms with van der Waals surface area (Å²) < 4.78 is 0. The van der Waals surface area contributed by atoms with Gasteiger partial charge in [-0.3, -0.25) is 4.90 Å². The summed E-state index contributed by atoms with van der Waals surface area (Å²) in [6, 6.07) is 36.6. The first-order valence-electron chi connectivity index (χ1n) is 12.4. The van der Waals surface area contributed by atoms with Gasteiger partial charge in [0.15, 0.2) is 0 Å². The van der Waals surface area contributed by atoms with E-state index in [0.29, 0.717) is 29.6 Å². The first-order valence-corrected chi connectivity index (χ1v) is 12.4. The Balaban J connectivity index is 1.46. The number of nitrogens with zero attached hydrogens (tertiary/aromatic N) is 2. The lowest BCUT2D eigenvalue weighted by Crippen LogP contribution is -2.31. The van der Waals surface area contributed by atoms with Crippen LogP contribution in [-0.2, 0) is 13.1 Å². The second-order valence-corrected chi connectivity index (χ2v) is 9.42. The maximum atomic E-state index is 12.5. The molecule has 1 aliphatic rings. The maximum Gasteiger partial charge on any atom is 0.336 e. The number of fused-ring (bicyclic) bond motifs is 2. The third-order valence-corrected chi connectivity index (χ3v) is 6.89. The molecule has 0 saturated carbocycles. The Labute approximate surface area is 216 Å². The Morgan fingerprint density at radius 3 is 2.16 bits per heavy atom. The van der Waals surface area contributed by atoms with Crippen LogP contribution in [0.5, 0.6) is 0 Å². The van der Waals surface area contributed by atoms with Gasteiger partial charge in [-0.1, -0.05) is 103 Å². The van der Waals surface area contributed by atoms with Gasteiger partial charge < -0.3 is 5.11 Å². The number of carbonyl (C=O) groups is 1. The van der Waals surface area contributed by atoms with Crippen molar-refractivity contribution >= 4 is 28.5 Å². The normalized spacial score (nSPS) is 14.5. The molecule has 37 heavy (non-hydrogen) atoms. The van der Waals surface area contributed by atoms with Gasteiger partial charge >= 0.3 is 5.97 Å². The Morgan fingerprint density at radius 2 is 1.43 bits per heavy atom. The summed E-state index contributed by atoms with van der Waals surface area (Å²) >= 11 is 0. The van der Waals surface area contributed by atoms with Crippen LogP contribution >= 0.6 is 0 Å². The predicted molar refractivity (Wildman–Crippen MR) is 149 cm³/mol. The molecule has 0 amide bonds.